The lowest BCUT2D eigenvalue weighted by atomic mass is 10.1. The SMILES string of the molecule is O=C(Nc1ccccc1-n1cccc1)Oc1ccc(C[C@H](NC(=O)c2ccccc2Cl)C(=O)O)cc1. The predicted octanol–water partition coefficient (Wildman–Crippen LogP) is 5.17. The Kier molecular flexibility index (Phi) is 7.67. The summed E-state index contributed by atoms with van der Waals surface area (Å²) in [4.78, 5) is 36.7. The summed E-state index contributed by atoms with van der Waals surface area (Å²) in [6.45, 7) is 0. The zero-order chi connectivity index (χ0) is 25.5. The Hall–Kier alpha value is -4.56. The van der Waals surface area contributed by atoms with Gasteiger partial charge in [-0.15, -0.1) is 0 Å². The van der Waals surface area contributed by atoms with Gasteiger partial charge in [0.25, 0.3) is 5.91 Å². The molecule has 0 spiro atoms. The van der Waals surface area contributed by atoms with Crippen LogP contribution >= 0.6 is 11.6 Å². The maximum atomic E-state index is 12.5. The summed E-state index contributed by atoms with van der Waals surface area (Å²) in [5.74, 6) is -1.48. The van der Waals surface area contributed by atoms with Crippen molar-refractivity contribution in [2.75, 3.05) is 5.32 Å². The van der Waals surface area contributed by atoms with Crippen molar-refractivity contribution in [1.29, 1.82) is 0 Å². The number of amides is 2. The number of ether oxygens (including phenoxy) is 1. The summed E-state index contributed by atoms with van der Waals surface area (Å²) in [5, 5.41) is 15.0. The summed E-state index contributed by atoms with van der Waals surface area (Å²) in [6, 6.07) is 22.7. The molecule has 0 fully saturated rings. The average Bonchev–Trinajstić information content (AvgIpc) is 3.40. The number of hydrogen-bond donors (Lipinski definition) is 3. The molecule has 1 heterocycles. The van der Waals surface area contributed by atoms with Crippen molar-refractivity contribution >= 4 is 35.3 Å². The number of para-hydroxylation sites is 2. The van der Waals surface area contributed by atoms with Gasteiger partial charge in [-0.25, -0.2) is 9.59 Å². The predicted molar refractivity (Wildman–Crippen MR) is 136 cm³/mol. The van der Waals surface area contributed by atoms with E-state index in [2.05, 4.69) is 10.6 Å². The second-order valence-corrected chi connectivity index (χ2v) is 8.22. The first-order valence-electron chi connectivity index (χ1n) is 11.0. The van der Waals surface area contributed by atoms with E-state index in [1.807, 2.05) is 41.2 Å². The van der Waals surface area contributed by atoms with Crippen molar-refractivity contribution in [3.05, 3.63) is 113 Å². The molecule has 1 aromatic heterocycles. The van der Waals surface area contributed by atoms with Crippen LogP contribution in [0.5, 0.6) is 5.75 Å². The molecule has 0 aliphatic rings. The smallest absolute Gasteiger partial charge is 0.417 e. The molecule has 8 nitrogen and oxygen atoms in total. The maximum Gasteiger partial charge on any atom is 0.417 e. The molecule has 3 aromatic carbocycles. The van der Waals surface area contributed by atoms with Crippen molar-refractivity contribution in [1.82, 2.24) is 9.88 Å². The molecule has 3 N–H and O–H groups in total. The molecule has 1 atom stereocenters. The number of nitrogens with one attached hydrogen (secondary N) is 2. The second-order valence-electron chi connectivity index (χ2n) is 7.81. The highest BCUT2D eigenvalue weighted by Gasteiger charge is 2.22. The minimum atomic E-state index is -1.18. The molecule has 0 unspecified atom stereocenters. The van der Waals surface area contributed by atoms with Crippen molar-refractivity contribution in [2.24, 2.45) is 0 Å². The molecule has 0 saturated carbocycles. The minimum absolute atomic E-state index is 0.0300. The summed E-state index contributed by atoms with van der Waals surface area (Å²) in [7, 11) is 0. The van der Waals surface area contributed by atoms with Crippen LogP contribution in [0.1, 0.15) is 15.9 Å². The van der Waals surface area contributed by atoms with Gasteiger partial charge < -0.3 is 19.7 Å². The molecule has 36 heavy (non-hydrogen) atoms. The van der Waals surface area contributed by atoms with Gasteiger partial charge in [-0.3, -0.25) is 10.1 Å². The Morgan fingerprint density at radius 2 is 1.56 bits per heavy atom. The van der Waals surface area contributed by atoms with Gasteiger partial charge in [0.1, 0.15) is 11.8 Å². The van der Waals surface area contributed by atoms with E-state index in [-0.39, 0.29) is 22.8 Å². The molecule has 0 aliphatic heterocycles. The molecule has 0 bridgehead atoms. The van der Waals surface area contributed by atoms with Crippen LogP contribution in [-0.2, 0) is 11.2 Å². The lowest BCUT2D eigenvalue weighted by Crippen LogP contribution is -2.42. The molecular weight excluding hydrogens is 482 g/mol. The highest BCUT2D eigenvalue weighted by molar-refractivity contribution is 6.33. The summed E-state index contributed by atoms with van der Waals surface area (Å²) in [6.07, 6.45) is 3.10. The molecule has 0 aliphatic carbocycles. The maximum absolute atomic E-state index is 12.5. The molecule has 9 heteroatoms. The normalized spacial score (nSPS) is 11.4. The van der Waals surface area contributed by atoms with E-state index in [0.717, 1.165) is 5.69 Å². The number of benzene rings is 3. The molecule has 182 valence electrons. The number of carboxylic acid groups (broad SMARTS) is 1. The second kappa shape index (κ2) is 11.2. The number of carboxylic acids is 1. The van der Waals surface area contributed by atoms with Gasteiger partial charge in [-0.1, -0.05) is 48.0 Å². The number of nitrogens with zero attached hydrogens (tertiary/aromatic N) is 1. The van der Waals surface area contributed by atoms with Crippen molar-refractivity contribution < 1.29 is 24.2 Å². The van der Waals surface area contributed by atoms with Crippen molar-refractivity contribution in [3.8, 4) is 11.4 Å². The number of carbonyl (C=O) groups excluding carboxylic acids is 2. The number of aliphatic carboxylic acids is 1. The van der Waals surface area contributed by atoms with Crippen molar-refractivity contribution in [2.45, 2.75) is 12.5 Å². The zero-order valence-electron chi connectivity index (χ0n) is 18.9. The molecule has 0 saturated heterocycles. The molecular formula is C27H22ClN3O5. The Labute approximate surface area is 212 Å². The minimum Gasteiger partial charge on any atom is -0.480 e. The third-order valence-electron chi connectivity index (χ3n) is 5.32. The fourth-order valence-electron chi connectivity index (χ4n) is 3.55. The first-order valence-corrected chi connectivity index (χ1v) is 11.4. The van der Waals surface area contributed by atoms with E-state index < -0.39 is 24.0 Å². The number of aromatic nitrogens is 1. The average molecular weight is 504 g/mol. The van der Waals surface area contributed by atoms with Crippen LogP contribution < -0.4 is 15.4 Å². The Bertz CT molecular complexity index is 1370. The largest absolute Gasteiger partial charge is 0.480 e. The quantitative estimate of drug-likeness (QED) is 0.307. The number of hydrogen-bond acceptors (Lipinski definition) is 4. The first-order chi connectivity index (χ1) is 17.4. The fourth-order valence-corrected chi connectivity index (χ4v) is 3.77. The van der Waals surface area contributed by atoms with Gasteiger partial charge >= 0.3 is 12.1 Å². The Balaban J connectivity index is 1.37. The van der Waals surface area contributed by atoms with Crippen LogP contribution in [-0.4, -0.2) is 33.7 Å². The third-order valence-corrected chi connectivity index (χ3v) is 5.65. The van der Waals surface area contributed by atoms with Crippen molar-refractivity contribution in [3.63, 3.8) is 0 Å². The van der Waals surface area contributed by atoms with Crippen LogP contribution in [0.3, 0.4) is 0 Å². The van der Waals surface area contributed by atoms with Crippen LogP contribution in [0.4, 0.5) is 10.5 Å². The summed E-state index contributed by atoms with van der Waals surface area (Å²) < 4.78 is 7.24. The zero-order valence-corrected chi connectivity index (χ0v) is 19.7. The lowest BCUT2D eigenvalue weighted by Gasteiger charge is -2.15. The van der Waals surface area contributed by atoms with Crippen LogP contribution in [0.15, 0.2) is 97.3 Å². The molecule has 4 aromatic rings. The first kappa shape index (κ1) is 24.6. The van der Waals surface area contributed by atoms with Crippen LogP contribution in [0, 0.1) is 0 Å². The van der Waals surface area contributed by atoms with Gasteiger partial charge in [-0.05, 0) is 54.1 Å². The fraction of sp³-hybridized carbons (Fsp3) is 0.0741. The Morgan fingerprint density at radius 1 is 0.889 bits per heavy atom. The van der Waals surface area contributed by atoms with Crippen LogP contribution in [0.25, 0.3) is 5.69 Å². The summed E-state index contributed by atoms with van der Waals surface area (Å²) in [5.41, 5.74) is 2.19. The highest BCUT2D eigenvalue weighted by Crippen LogP contribution is 2.21. The van der Waals surface area contributed by atoms with Gasteiger partial charge in [0.05, 0.1) is 22.0 Å². The van der Waals surface area contributed by atoms with E-state index in [0.29, 0.717) is 11.3 Å². The van der Waals surface area contributed by atoms with E-state index in [1.54, 1.807) is 54.6 Å². The molecule has 2 amide bonds. The Morgan fingerprint density at radius 3 is 2.25 bits per heavy atom. The number of anilines is 1. The number of rotatable bonds is 8. The topological polar surface area (TPSA) is 110 Å². The number of halogens is 1. The monoisotopic (exact) mass is 503 g/mol. The summed E-state index contributed by atoms with van der Waals surface area (Å²) >= 11 is 6.03. The van der Waals surface area contributed by atoms with Gasteiger partial charge in [-0.2, -0.15) is 0 Å². The van der Waals surface area contributed by atoms with E-state index in [1.165, 1.54) is 6.07 Å². The lowest BCUT2D eigenvalue weighted by molar-refractivity contribution is -0.139. The van der Waals surface area contributed by atoms with Gasteiger partial charge in [0, 0.05) is 18.8 Å². The van der Waals surface area contributed by atoms with E-state index in [4.69, 9.17) is 16.3 Å². The van der Waals surface area contributed by atoms with Gasteiger partial charge in [0.15, 0.2) is 0 Å². The van der Waals surface area contributed by atoms with Gasteiger partial charge in [0.2, 0.25) is 0 Å². The van der Waals surface area contributed by atoms with E-state index >= 15 is 0 Å². The van der Waals surface area contributed by atoms with E-state index in [9.17, 15) is 19.5 Å². The molecule has 0 radical (unpaired) electrons. The highest BCUT2D eigenvalue weighted by atomic mass is 35.5. The molecule has 4 rings (SSSR count). The van der Waals surface area contributed by atoms with Crippen LogP contribution in [0.2, 0.25) is 5.02 Å². The number of carbonyl (C=O) groups is 3. The third kappa shape index (κ3) is 6.11. The standard InChI is InChI=1S/C27H22ClN3O5/c28-21-8-2-1-7-20(21)25(32)29-23(26(33)34)17-18-11-13-19(14-12-18)36-27(35)30-22-9-3-4-10-24(22)31-15-5-6-16-31/h1-16,23H,17H2,(H,29,32)(H,30,35)(H,33,34)/t23-/m0/s1.